The fraction of sp³-hybridized carbons (Fsp3) is 0.545. The molecule has 1 aromatic rings. The highest BCUT2D eigenvalue weighted by Crippen LogP contribution is 2.10. The Kier molecular flexibility index (Phi) is 2.99. The smallest absolute Gasteiger partial charge is 0.0492 e. The minimum Gasteiger partial charge on any atom is -0.313 e. The van der Waals surface area contributed by atoms with Crippen LogP contribution in [0, 0.1) is 0 Å². The first kappa shape index (κ1) is 9.46. The molecule has 3 nitrogen and oxygen atoms in total. The summed E-state index contributed by atoms with van der Waals surface area (Å²) in [6, 6.07) is 2.08. The van der Waals surface area contributed by atoms with E-state index in [-0.39, 0.29) is 0 Å². The van der Waals surface area contributed by atoms with Gasteiger partial charge < -0.3 is 5.32 Å². The van der Waals surface area contributed by atoms with Gasteiger partial charge in [-0.15, -0.1) is 0 Å². The molecule has 0 bridgehead atoms. The van der Waals surface area contributed by atoms with Crippen molar-refractivity contribution in [3.8, 4) is 0 Å². The van der Waals surface area contributed by atoms with E-state index in [9.17, 15) is 0 Å². The molecule has 0 atom stereocenters. The second-order valence-corrected chi connectivity index (χ2v) is 3.79. The van der Waals surface area contributed by atoms with Crippen molar-refractivity contribution in [2.45, 2.75) is 19.3 Å². The number of allylic oxidation sites excluding steroid dienone is 1. The Morgan fingerprint density at radius 2 is 2.57 bits per heavy atom. The largest absolute Gasteiger partial charge is 0.313 e. The third kappa shape index (κ3) is 2.23. The van der Waals surface area contributed by atoms with Crippen molar-refractivity contribution in [1.29, 1.82) is 0 Å². The SMILES string of the molecule is Cn1nccc1C/C=C1/CCCNC1. The number of aryl methyl sites for hydroxylation is 1. The van der Waals surface area contributed by atoms with E-state index in [1.165, 1.54) is 30.7 Å². The average molecular weight is 191 g/mol. The molecule has 0 amide bonds. The van der Waals surface area contributed by atoms with Crippen LogP contribution in [0.5, 0.6) is 0 Å². The fourth-order valence-corrected chi connectivity index (χ4v) is 1.80. The van der Waals surface area contributed by atoms with Crippen LogP contribution < -0.4 is 5.32 Å². The Bertz CT molecular complexity index is 317. The third-order valence-corrected chi connectivity index (χ3v) is 2.73. The van der Waals surface area contributed by atoms with E-state index in [0.717, 1.165) is 13.0 Å². The Labute approximate surface area is 84.8 Å². The molecule has 14 heavy (non-hydrogen) atoms. The second kappa shape index (κ2) is 4.42. The quantitative estimate of drug-likeness (QED) is 0.713. The zero-order valence-corrected chi connectivity index (χ0v) is 8.66. The van der Waals surface area contributed by atoms with Gasteiger partial charge in [-0.25, -0.2) is 0 Å². The van der Waals surface area contributed by atoms with Crippen LogP contribution in [0.2, 0.25) is 0 Å². The summed E-state index contributed by atoms with van der Waals surface area (Å²) in [6.07, 6.45) is 7.73. The number of nitrogens with zero attached hydrogens (tertiary/aromatic N) is 2. The van der Waals surface area contributed by atoms with Gasteiger partial charge in [-0.2, -0.15) is 5.10 Å². The summed E-state index contributed by atoms with van der Waals surface area (Å²) in [5, 5.41) is 7.54. The summed E-state index contributed by atoms with van der Waals surface area (Å²) >= 11 is 0. The first-order valence-corrected chi connectivity index (χ1v) is 5.22. The zero-order valence-electron chi connectivity index (χ0n) is 8.66. The van der Waals surface area contributed by atoms with E-state index in [0.29, 0.717) is 0 Å². The first-order valence-electron chi connectivity index (χ1n) is 5.22. The number of rotatable bonds is 2. The van der Waals surface area contributed by atoms with Crippen molar-refractivity contribution in [1.82, 2.24) is 15.1 Å². The summed E-state index contributed by atoms with van der Waals surface area (Å²) in [5.41, 5.74) is 2.82. The third-order valence-electron chi connectivity index (χ3n) is 2.73. The minimum atomic E-state index is 1.01. The number of aromatic nitrogens is 2. The van der Waals surface area contributed by atoms with Crippen molar-refractivity contribution in [2.24, 2.45) is 7.05 Å². The molecule has 2 rings (SSSR count). The molecule has 1 saturated heterocycles. The maximum Gasteiger partial charge on any atom is 0.0492 e. The fourth-order valence-electron chi connectivity index (χ4n) is 1.80. The van der Waals surface area contributed by atoms with Gasteiger partial charge in [0, 0.05) is 31.9 Å². The molecule has 76 valence electrons. The predicted octanol–water partition coefficient (Wildman–Crippen LogP) is 1.27. The topological polar surface area (TPSA) is 29.9 Å². The number of piperidine rings is 1. The Balaban J connectivity index is 1.95. The Morgan fingerprint density at radius 1 is 1.64 bits per heavy atom. The monoisotopic (exact) mass is 191 g/mol. The molecular weight excluding hydrogens is 174 g/mol. The zero-order chi connectivity index (χ0) is 9.80. The summed E-state index contributed by atoms with van der Waals surface area (Å²) in [4.78, 5) is 0. The van der Waals surface area contributed by atoms with E-state index in [1.807, 2.05) is 17.9 Å². The van der Waals surface area contributed by atoms with Gasteiger partial charge in [-0.05, 0) is 25.5 Å². The van der Waals surface area contributed by atoms with Crippen molar-refractivity contribution < 1.29 is 0 Å². The molecule has 0 spiro atoms. The van der Waals surface area contributed by atoms with Crippen molar-refractivity contribution in [3.63, 3.8) is 0 Å². The Morgan fingerprint density at radius 3 is 3.21 bits per heavy atom. The predicted molar refractivity (Wildman–Crippen MR) is 57.1 cm³/mol. The molecular formula is C11H17N3. The summed E-state index contributed by atoms with van der Waals surface area (Å²) < 4.78 is 1.94. The van der Waals surface area contributed by atoms with Gasteiger partial charge in [-0.1, -0.05) is 11.6 Å². The number of nitrogens with one attached hydrogen (secondary N) is 1. The molecule has 3 heteroatoms. The van der Waals surface area contributed by atoms with Crippen LogP contribution in [0.15, 0.2) is 23.9 Å². The van der Waals surface area contributed by atoms with Crippen LogP contribution in [0.3, 0.4) is 0 Å². The van der Waals surface area contributed by atoms with Crippen LogP contribution >= 0.6 is 0 Å². The van der Waals surface area contributed by atoms with Gasteiger partial charge in [0.2, 0.25) is 0 Å². The molecule has 0 radical (unpaired) electrons. The highest BCUT2D eigenvalue weighted by atomic mass is 15.2. The minimum absolute atomic E-state index is 1.01. The maximum atomic E-state index is 4.15. The van der Waals surface area contributed by atoms with Gasteiger partial charge >= 0.3 is 0 Å². The van der Waals surface area contributed by atoms with Crippen LogP contribution in [0.4, 0.5) is 0 Å². The molecule has 2 heterocycles. The molecule has 1 fully saturated rings. The number of hydrogen-bond donors (Lipinski definition) is 1. The van der Waals surface area contributed by atoms with Gasteiger partial charge in [0.05, 0.1) is 0 Å². The summed E-state index contributed by atoms with van der Waals surface area (Å²) in [5.74, 6) is 0. The summed E-state index contributed by atoms with van der Waals surface area (Å²) in [6.45, 7) is 2.24. The lowest BCUT2D eigenvalue weighted by Gasteiger charge is -2.15. The van der Waals surface area contributed by atoms with Gasteiger partial charge in [-0.3, -0.25) is 4.68 Å². The van der Waals surface area contributed by atoms with Crippen molar-refractivity contribution in [3.05, 3.63) is 29.6 Å². The molecule has 0 aromatic carbocycles. The second-order valence-electron chi connectivity index (χ2n) is 3.79. The van der Waals surface area contributed by atoms with Crippen LogP contribution in [-0.2, 0) is 13.5 Å². The van der Waals surface area contributed by atoms with E-state index in [4.69, 9.17) is 0 Å². The lowest BCUT2D eigenvalue weighted by molar-refractivity contribution is 0.607. The van der Waals surface area contributed by atoms with Crippen molar-refractivity contribution >= 4 is 0 Å². The molecule has 0 aliphatic carbocycles. The standard InChI is InChI=1S/C11H17N3/c1-14-11(6-8-13-14)5-4-10-3-2-7-12-9-10/h4,6,8,12H,2-3,5,7,9H2,1H3/b10-4-. The molecule has 0 saturated carbocycles. The molecule has 1 N–H and O–H groups in total. The van der Waals surface area contributed by atoms with Crippen LogP contribution in [0.1, 0.15) is 18.5 Å². The molecule has 1 aliphatic rings. The lowest BCUT2D eigenvalue weighted by atomic mass is 10.0. The van der Waals surface area contributed by atoms with E-state index in [2.05, 4.69) is 22.6 Å². The van der Waals surface area contributed by atoms with Crippen molar-refractivity contribution in [2.75, 3.05) is 13.1 Å². The summed E-state index contributed by atoms with van der Waals surface area (Å²) in [7, 11) is 1.99. The Hall–Kier alpha value is -1.09. The van der Waals surface area contributed by atoms with E-state index in [1.54, 1.807) is 0 Å². The molecule has 1 aliphatic heterocycles. The van der Waals surface area contributed by atoms with E-state index >= 15 is 0 Å². The van der Waals surface area contributed by atoms with Gasteiger partial charge in [0.1, 0.15) is 0 Å². The van der Waals surface area contributed by atoms with Crippen LogP contribution in [-0.4, -0.2) is 22.9 Å². The van der Waals surface area contributed by atoms with E-state index < -0.39 is 0 Å². The molecule has 1 aromatic heterocycles. The lowest BCUT2D eigenvalue weighted by Crippen LogP contribution is -2.23. The van der Waals surface area contributed by atoms with Gasteiger partial charge in [0.15, 0.2) is 0 Å². The van der Waals surface area contributed by atoms with Gasteiger partial charge in [0.25, 0.3) is 0 Å². The average Bonchev–Trinajstić information content (AvgIpc) is 2.63. The maximum absolute atomic E-state index is 4.15. The highest BCUT2D eigenvalue weighted by Gasteiger charge is 2.04. The number of hydrogen-bond acceptors (Lipinski definition) is 2. The highest BCUT2D eigenvalue weighted by molar-refractivity contribution is 5.13. The van der Waals surface area contributed by atoms with Crippen LogP contribution in [0.25, 0.3) is 0 Å². The first-order chi connectivity index (χ1) is 6.86. The molecule has 0 unspecified atom stereocenters. The normalized spacial score (nSPS) is 20.2.